The summed E-state index contributed by atoms with van der Waals surface area (Å²) in [5.41, 5.74) is -1.48. The van der Waals surface area contributed by atoms with Crippen molar-refractivity contribution in [1.29, 1.82) is 0 Å². The molecular weight excluding hydrogens is 248 g/mol. The summed E-state index contributed by atoms with van der Waals surface area (Å²) in [5, 5.41) is 26.0. The molecule has 0 aliphatic carbocycles. The number of rotatable bonds is 3. The molecule has 0 saturated carbocycles. The first-order chi connectivity index (χ1) is 6.86. The molecule has 0 aliphatic rings. The first-order valence-electron chi connectivity index (χ1n) is 3.38. The number of hydrogen-bond acceptors (Lipinski definition) is 4. The topological polar surface area (TPSA) is 112 Å². The molecule has 0 amide bonds. The van der Waals surface area contributed by atoms with Gasteiger partial charge in [-0.15, -0.1) is 11.3 Å². The number of aromatic carboxylic acids is 3. The molecule has 1 rings (SSSR count). The van der Waals surface area contributed by atoms with Gasteiger partial charge < -0.3 is 15.3 Å². The van der Waals surface area contributed by atoms with Crippen molar-refractivity contribution in [1.82, 2.24) is 0 Å². The minimum Gasteiger partial charge on any atom is -0.478 e. The third-order valence-electron chi connectivity index (χ3n) is 1.49. The van der Waals surface area contributed by atoms with Crippen LogP contribution in [0.4, 0.5) is 0 Å². The first-order valence-corrected chi connectivity index (χ1v) is 4.57. The lowest BCUT2D eigenvalue weighted by Gasteiger charge is -1.95. The Morgan fingerprint density at radius 1 is 0.933 bits per heavy atom. The van der Waals surface area contributed by atoms with E-state index in [1.54, 1.807) is 0 Å². The molecule has 1 aromatic heterocycles. The van der Waals surface area contributed by atoms with Gasteiger partial charge in [-0.2, -0.15) is 0 Å². The number of carbonyl (C=O) groups is 3. The third kappa shape index (κ3) is 1.92. The molecule has 6 nitrogen and oxygen atoms in total. The summed E-state index contributed by atoms with van der Waals surface area (Å²) < 4.78 is -0.364. The molecule has 0 bridgehead atoms. The summed E-state index contributed by atoms with van der Waals surface area (Å²) in [7, 11) is 0. The Labute approximate surface area is 91.3 Å². The fourth-order valence-electron chi connectivity index (χ4n) is 0.949. The van der Waals surface area contributed by atoms with Crippen molar-refractivity contribution >= 4 is 40.8 Å². The highest BCUT2D eigenvalue weighted by molar-refractivity contribution is 7.18. The average molecular weight is 251 g/mol. The molecule has 3 N–H and O–H groups in total. The van der Waals surface area contributed by atoms with Crippen molar-refractivity contribution in [3.63, 3.8) is 0 Å². The summed E-state index contributed by atoms with van der Waals surface area (Å²) in [6, 6.07) is 0. The number of hydrogen-bond donors (Lipinski definition) is 3. The molecule has 0 aliphatic heterocycles. The van der Waals surface area contributed by atoms with E-state index in [9.17, 15) is 14.4 Å². The van der Waals surface area contributed by atoms with E-state index in [4.69, 9.17) is 26.9 Å². The van der Waals surface area contributed by atoms with Gasteiger partial charge in [-0.3, -0.25) is 0 Å². The molecule has 1 heterocycles. The van der Waals surface area contributed by atoms with Crippen LogP contribution in [0.15, 0.2) is 0 Å². The van der Waals surface area contributed by atoms with E-state index in [-0.39, 0.29) is 4.34 Å². The minimum absolute atomic E-state index is 0.364. The van der Waals surface area contributed by atoms with Crippen molar-refractivity contribution in [2.75, 3.05) is 0 Å². The van der Waals surface area contributed by atoms with Gasteiger partial charge in [0.25, 0.3) is 0 Å². The van der Waals surface area contributed by atoms with E-state index in [2.05, 4.69) is 0 Å². The second-order valence-electron chi connectivity index (χ2n) is 2.37. The molecule has 0 fully saturated rings. The molecule has 0 saturated heterocycles. The van der Waals surface area contributed by atoms with Crippen LogP contribution in [0.25, 0.3) is 0 Å². The van der Waals surface area contributed by atoms with E-state index in [0.717, 1.165) is 0 Å². The maximum absolute atomic E-state index is 10.7. The van der Waals surface area contributed by atoms with Crippen molar-refractivity contribution < 1.29 is 29.7 Å². The van der Waals surface area contributed by atoms with Crippen LogP contribution >= 0.6 is 22.9 Å². The zero-order valence-corrected chi connectivity index (χ0v) is 8.43. The second kappa shape index (κ2) is 3.87. The smallest absolute Gasteiger partial charge is 0.346 e. The van der Waals surface area contributed by atoms with E-state index < -0.39 is 33.9 Å². The van der Waals surface area contributed by atoms with Crippen LogP contribution in [-0.4, -0.2) is 33.2 Å². The summed E-state index contributed by atoms with van der Waals surface area (Å²) in [6.45, 7) is 0. The van der Waals surface area contributed by atoms with E-state index in [1.165, 1.54) is 0 Å². The largest absolute Gasteiger partial charge is 0.478 e. The lowest BCUT2D eigenvalue weighted by Crippen LogP contribution is -2.10. The highest BCUT2D eigenvalue weighted by Crippen LogP contribution is 2.33. The molecule has 8 heteroatoms. The van der Waals surface area contributed by atoms with Gasteiger partial charge in [0.1, 0.15) is 20.3 Å². The van der Waals surface area contributed by atoms with Gasteiger partial charge in [-0.1, -0.05) is 11.6 Å². The second-order valence-corrected chi connectivity index (χ2v) is 3.99. The molecule has 0 spiro atoms. The van der Waals surface area contributed by atoms with Gasteiger partial charge in [0.05, 0.1) is 0 Å². The van der Waals surface area contributed by atoms with Crippen LogP contribution < -0.4 is 0 Å². The molecule has 0 unspecified atom stereocenters. The van der Waals surface area contributed by atoms with Gasteiger partial charge in [0, 0.05) is 0 Å². The third-order valence-corrected chi connectivity index (χ3v) is 2.87. The Kier molecular flexibility index (Phi) is 2.96. The predicted octanol–water partition coefficient (Wildman–Crippen LogP) is 1.50. The fourth-order valence-corrected chi connectivity index (χ4v) is 2.21. The van der Waals surface area contributed by atoms with E-state index in [0.29, 0.717) is 11.3 Å². The van der Waals surface area contributed by atoms with E-state index in [1.807, 2.05) is 0 Å². The Bertz CT molecular complexity index is 462. The summed E-state index contributed by atoms with van der Waals surface area (Å²) in [5.74, 6) is -4.72. The van der Waals surface area contributed by atoms with Crippen LogP contribution in [0.2, 0.25) is 4.34 Å². The average Bonchev–Trinajstić information content (AvgIpc) is 2.42. The minimum atomic E-state index is -1.63. The molecule has 0 atom stereocenters. The maximum atomic E-state index is 10.7. The molecule has 1 aromatic rings. The molecule has 0 aromatic carbocycles. The lowest BCUT2D eigenvalue weighted by molar-refractivity contribution is 0.0637. The molecule has 80 valence electrons. The fraction of sp³-hybridized carbons (Fsp3) is 0. The Morgan fingerprint density at radius 3 is 1.73 bits per heavy atom. The maximum Gasteiger partial charge on any atom is 0.346 e. The van der Waals surface area contributed by atoms with Gasteiger partial charge in [-0.25, -0.2) is 14.4 Å². The molecule has 15 heavy (non-hydrogen) atoms. The van der Waals surface area contributed by atoms with Gasteiger partial charge in [0.2, 0.25) is 0 Å². The van der Waals surface area contributed by atoms with Crippen LogP contribution in [-0.2, 0) is 0 Å². The normalized spacial score (nSPS) is 9.93. The number of thiophene rings is 1. The van der Waals surface area contributed by atoms with Crippen LogP contribution in [0.5, 0.6) is 0 Å². The monoisotopic (exact) mass is 250 g/mol. The number of carboxylic acid groups (broad SMARTS) is 3. The first kappa shape index (κ1) is 11.5. The van der Waals surface area contributed by atoms with Crippen molar-refractivity contribution in [3.8, 4) is 0 Å². The van der Waals surface area contributed by atoms with Gasteiger partial charge in [0.15, 0.2) is 0 Å². The zero-order valence-electron chi connectivity index (χ0n) is 6.85. The number of halogens is 1. The van der Waals surface area contributed by atoms with Gasteiger partial charge in [-0.05, 0) is 0 Å². The van der Waals surface area contributed by atoms with Crippen molar-refractivity contribution in [2.24, 2.45) is 0 Å². The van der Waals surface area contributed by atoms with Crippen molar-refractivity contribution in [3.05, 3.63) is 20.3 Å². The quantitative estimate of drug-likeness (QED) is 0.749. The highest BCUT2D eigenvalue weighted by Gasteiger charge is 2.30. The standard InChI is InChI=1S/C7H3ClO6S/c8-4-2(6(11)12)1(5(9)10)3(15-4)7(13)14/h(H,9,10)(H,11,12)(H,13,14). The summed E-state index contributed by atoms with van der Waals surface area (Å²) in [4.78, 5) is 31.4. The van der Waals surface area contributed by atoms with E-state index >= 15 is 0 Å². The number of carboxylic acids is 3. The van der Waals surface area contributed by atoms with Crippen LogP contribution in [0, 0.1) is 0 Å². The predicted molar refractivity (Wildman–Crippen MR) is 50.2 cm³/mol. The Hall–Kier alpha value is -1.60. The highest BCUT2D eigenvalue weighted by atomic mass is 35.5. The lowest BCUT2D eigenvalue weighted by atomic mass is 10.1. The molecule has 0 radical (unpaired) electrons. The van der Waals surface area contributed by atoms with Crippen LogP contribution in [0.1, 0.15) is 30.4 Å². The summed E-state index contributed by atoms with van der Waals surface area (Å²) in [6.07, 6.45) is 0. The van der Waals surface area contributed by atoms with Gasteiger partial charge >= 0.3 is 17.9 Å². The van der Waals surface area contributed by atoms with Crippen molar-refractivity contribution in [2.45, 2.75) is 0 Å². The van der Waals surface area contributed by atoms with Crippen LogP contribution in [0.3, 0.4) is 0 Å². The summed E-state index contributed by atoms with van der Waals surface area (Å²) >= 11 is 5.85. The molecular formula is C7H3ClO6S. The Balaban J connectivity index is 3.59. The SMILES string of the molecule is O=C(O)c1sc(Cl)c(C(=O)O)c1C(=O)O. The Morgan fingerprint density at radius 2 is 1.40 bits per heavy atom. The zero-order chi connectivity index (χ0) is 11.7.